The molecule has 0 spiro atoms. The van der Waals surface area contributed by atoms with Gasteiger partial charge in [-0.1, -0.05) is 12.1 Å². The molecule has 0 saturated heterocycles. The summed E-state index contributed by atoms with van der Waals surface area (Å²) in [4.78, 5) is 23.3. The van der Waals surface area contributed by atoms with Crippen molar-refractivity contribution in [1.29, 1.82) is 0 Å². The van der Waals surface area contributed by atoms with Crippen molar-refractivity contribution in [3.05, 3.63) is 59.7 Å². The molecular weight excluding hydrogens is 552 g/mol. The lowest BCUT2D eigenvalue weighted by atomic mass is 9.84. The number of phenols is 4. The van der Waals surface area contributed by atoms with Crippen molar-refractivity contribution in [2.45, 2.75) is 0 Å². The van der Waals surface area contributed by atoms with Crippen molar-refractivity contribution in [1.82, 2.24) is 17.5 Å². The number of nitrogens with zero attached hydrogens (tertiary/aromatic N) is 4. The van der Waals surface area contributed by atoms with Crippen LogP contribution in [0.25, 0.3) is 65.9 Å². The average Bonchev–Trinajstić information content (AvgIpc) is 3.64. The summed E-state index contributed by atoms with van der Waals surface area (Å²) >= 11 is 1.88. The van der Waals surface area contributed by atoms with E-state index in [2.05, 4.69) is 17.5 Å². The molecule has 0 unspecified atom stereocenters. The molecule has 0 aliphatic carbocycles. The predicted octanol–water partition coefficient (Wildman–Crippen LogP) is 5.78. The normalized spacial score (nSPS) is 11.6. The summed E-state index contributed by atoms with van der Waals surface area (Å²) in [5.41, 5.74) is 4.53. The number of aromatic nitrogens is 4. The molecule has 0 amide bonds. The molecule has 10 nitrogen and oxygen atoms in total. The predicted molar refractivity (Wildman–Crippen MR) is 152 cm³/mol. The first-order valence-corrected chi connectivity index (χ1v) is 13.2. The highest BCUT2D eigenvalue weighted by Crippen LogP contribution is 2.50. The van der Waals surface area contributed by atoms with E-state index in [1.165, 1.54) is 24.3 Å². The quantitative estimate of drug-likeness (QED) is 0.116. The number of hydrogen-bond acceptors (Lipinski definition) is 12. The minimum atomic E-state index is -0.379. The van der Waals surface area contributed by atoms with E-state index in [1.807, 2.05) is 0 Å². The standard InChI is InChI=1S/C28H14N4O6S2/c33-9-11-1-3-13(27-25(11)29-39-31-27)23-15-5-19(35)21(37)7-17(15)24(18-8-22(38)20(36)6-16(18)23)14-4-2-12(10-34)26-28(14)32-40-30-26/h1-10,35-38H. The minimum absolute atomic E-state index is 0.354. The highest BCUT2D eigenvalue weighted by Gasteiger charge is 2.25. The van der Waals surface area contributed by atoms with Crippen LogP contribution in [0, 0.1) is 0 Å². The van der Waals surface area contributed by atoms with E-state index in [9.17, 15) is 30.0 Å². The van der Waals surface area contributed by atoms with Crippen LogP contribution in [0.3, 0.4) is 0 Å². The summed E-state index contributed by atoms with van der Waals surface area (Å²) in [5.74, 6) is -1.51. The summed E-state index contributed by atoms with van der Waals surface area (Å²) in [7, 11) is 0. The molecule has 194 valence electrons. The van der Waals surface area contributed by atoms with Gasteiger partial charge in [-0.3, -0.25) is 9.59 Å². The maximum atomic E-state index is 11.7. The molecule has 7 aromatic rings. The summed E-state index contributed by atoms with van der Waals surface area (Å²) in [6.45, 7) is 0. The largest absolute Gasteiger partial charge is 0.504 e. The third-order valence-corrected chi connectivity index (χ3v) is 8.05. The lowest BCUT2D eigenvalue weighted by Gasteiger charge is -2.19. The Bertz CT molecular complexity index is 2000. The van der Waals surface area contributed by atoms with Gasteiger partial charge in [-0.2, -0.15) is 17.5 Å². The lowest BCUT2D eigenvalue weighted by molar-refractivity contribution is 0.111. The molecule has 7 rings (SSSR count). The van der Waals surface area contributed by atoms with Crippen molar-refractivity contribution in [2.24, 2.45) is 0 Å². The zero-order valence-corrected chi connectivity index (χ0v) is 21.6. The van der Waals surface area contributed by atoms with E-state index in [1.54, 1.807) is 24.3 Å². The van der Waals surface area contributed by atoms with Gasteiger partial charge < -0.3 is 20.4 Å². The van der Waals surface area contributed by atoms with Crippen molar-refractivity contribution in [3.63, 3.8) is 0 Å². The van der Waals surface area contributed by atoms with Crippen LogP contribution < -0.4 is 0 Å². The topological polar surface area (TPSA) is 167 Å². The van der Waals surface area contributed by atoms with E-state index >= 15 is 0 Å². The Morgan fingerprint density at radius 2 is 0.825 bits per heavy atom. The van der Waals surface area contributed by atoms with Crippen LogP contribution >= 0.6 is 23.5 Å². The van der Waals surface area contributed by atoms with Gasteiger partial charge in [0, 0.05) is 22.3 Å². The molecule has 0 atom stereocenters. The third kappa shape index (κ3) is 3.26. The molecular formula is C28H14N4O6S2. The van der Waals surface area contributed by atoms with Gasteiger partial charge in [0.05, 0.1) is 23.5 Å². The van der Waals surface area contributed by atoms with Gasteiger partial charge in [0.25, 0.3) is 0 Å². The fourth-order valence-electron chi connectivity index (χ4n) is 5.22. The second kappa shape index (κ2) is 8.66. The van der Waals surface area contributed by atoms with E-state index in [4.69, 9.17) is 0 Å². The van der Waals surface area contributed by atoms with E-state index in [0.29, 0.717) is 89.6 Å². The Balaban J connectivity index is 1.74. The fraction of sp³-hybridized carbons (Fsp3) is 0. The third-order valence-electron chi connectivity index (χ3n) is 6.99. The minimum Gasteiger partial charge on any atom is -0.504 e. The molecule has 0 aliphatic rings. The SMILES string of the molecule is O=Cc1ccc(-c2c3cc(O)c(O)cc3c(-c3ccc(C=O)c4nsnc34)c3cc(O)c(O)cc23)c2nsnc12. The average molecular weight is 567 g/mol. The Morgan fingerprint density at radius 1 is 0.500 bits per heavy atom. The maximum absolute atomic E-state index is 11.7. The second-order valence-corrected chi connectivity index (χ2v) is 10.1. The fourth-order valence-corrected chi connectivity index (χ4v) is 6.38. The molecule has 0 bridgehead atoms. The van der Waals surface area contributed by atoms with Gasteiger partial charge in [-0.05, 0) is 69.1 Å². The van der Waals surface area contributed by atoms with Crippen LogP contribution in [0.5, 0.6) is 23.0 Å². The molecule has 0 aliphatic heterocycles. The van der Waals surface area contributed by atoms with E-state index < -0.39 is 0 Å². The van der Waals surface area contributed by atoms with E-state index in [-0.39, 0.29) is 23.0 Å². The summed E-state index contributed by atoms with van der Waals surface area (Å²) in [6.07, 6.45) is 1.38. The van der Waals surface area contributed by atoms with Crippen LogP contribution in [0.4, 0.5) is 0 Å². The Labute approximate surface area is 231 Å². The smallest absolute Gasteiger partial charge is 0.158 e. The van der Waals surface area contributed by atoms with Gasteiger partial charge in [0.2, 0.25) is 0 Å². The van der Waals surface area contributed by atoms with Crippen molar-refractivity contribution < 1.29 is 30.0 Å². The maximum Gasteiger partial charge on any atom is 0.158 e. The highest BCUT2D eigenvalue weighted by molar-refractivity contribution is 7.00. The monoisotopic (exact) mass is 566 g/mol. The van der Waals surface area contributed by atoms with Crippen LogP contribution in [0.1, 0.15) is 20.7 Å². The number of rotatable bonds is 4. The molecule has 2 heterocycles. The van der Waals surface area contributed by atoms with E-state index in [0.717, 1.165) is 23.5 Å². The van der Waals surface area contributed by atoms with Crippen LogP contribution in [0.2, 0.25) is 0 Å². The molecule has 0 radical (unpaired) electrons. The van der Waals surface area contributed by atoms with Gasteiger partial charge in [0.15, 0.2) is 35.6 Å². The van der Waals surface area contributed by atoms with Crippen molar-refractivity contribution in [2.75, 3.05) is 0 Å². The lowest BCUT2D eigenvalue weighted by Crippen LogP contribution is -1.95. The van der Waals surface area contributed by atoms with Crippen LogP contribution in [-0.4, -0.2) is 50.5 Å². The van der Waals surface area contributed by atoms with Gasteiger partial charge in [-0.15, -0.1) is 0 Å². The Hall–Kier alpha value is -5.20. The number of carbonyl (C=O) groups is 2. The molecule has 5 aromatic carbocycles. The van der Waals surface area contributed by atoms with Gasteiger partial charge >= 0.3 is 0 Å². The van der Waals surface area contributed by atoms with Gasteiger partial charge in [-0.25, -0.2) is 0 Å². The number of aldehydes is 2. The number of aromatic hydroxyl groups is 4. The number of fused-ring (bicyclic) bond motifs is 4. The molecule has 0 fully saturated rings. The summed E-state index contributed by atoms with van der Waals surface area (Å²) in [5, 5.41) is 44.4. The zero-order valence-electron chi connectivity index (χ0n) is 20.0. The number of carbonyl (C=O) groups excluding carboxylic acids is 2. The molecule has 2 aromatic heterocycles. The number of hydrogen-bond donors (Lipinski definition) is 4. The molecule has 40 heavy (non-hydrogen) atoms. The first kappa shape index (κ1) is 23.9. The van der Waals surface area contributed by atoms with Crippen molar-refractivity contribution >= 4 is 79.6 Å². The zero-order chi connectivity index (χ0) is 27.7. The van der Waals surface area contributed by atoms with Crippen LogP contribution in [0.15, 0.2) is 48.5 Å². The summed E-state index contributed by atoms with van der Waals surface area (Å²) in [6, 6.07) is 12.3. The van der Waals surface area contributed by atoms with Crippen LogP contribution in [-0.2, 0) is 0 Å². The molecule has 0 saturated carbocycles. The Morgan fingerprint density at radius 3 is 1.15 bits per heavy atom. The highest BCUT2D eigenvalue weighted by atomic mass is 32.1. The first-order chi connectivity index (χ1) is 19.4. The summed E-state index contributed by atoms with van der Waals surface area (Å²) < 4.78 is 17.4. The number of benzene rings is 5. The van der Waals surface area contributed by atoms with Gasteiger partial charge in [0.1, 0.15) is 22.1 Å². The van der Waals surface area contributed by atoms with Crippen molar-refractivity contribution in [3.8, 4) is 45.3 Å². The first-order valence-electron chi connectivity index (χ1n) is 11.7. The number of phenolic OH excluding ortho intramolecular Hbond substituents is 4. The Kier molecular flexibility index (Phi) is 5.17. The molecule has 12 heteroatoms. The second-order valence-electron chi connectivity index (χ2n) is 9.09. The molecule has 4 N–H and O–H groups in total.